The summed E-state index contributed by atoms with van der Waals surface area (Å²) in [6, 6.07) is 8.32. The maximum absolute atomic E-state index is 12.4. The van der Waals surface area contributed by atoms with Crippen LogP contribution < -0.4 is 4.74 Å². The molecule has 22 heavy (non-hydrogen) atoms. The molecule has 0 N–H and O–H groups in total. The van der Waals surface area contributed by atoms with Crippen LogP contribution in [0.25, 0.3) is 0 Å². The van der Waals surface area contributed by atoms with Crippen LogP contribution in [0.5, 0.6) is 5.75 Å². The number of ketones is 1. The van der Waals surface area contributed by atoms with E-state index in [0.717, 1.165) is 11.1 Å². The largest absolute Gasteiger partial charge is 0.474 e. The van der Waals surface area contributed by atoms with E-state index in [9.17, 15) is 14.9 Å². The summed E-state index contributed by atoms with van der Waals surface area (Å²) >= 11 is 0. The van der Waals surface area contributed by atoms with Gasteiger partial charge in [-0.15, -0.1) is 0 Å². The molecule has 0 amide bonds. The van der Waals surface area contributed by atoms with Crippen LogP contribution in [-0.4, -0.2) is 21.8 Å². The Bertz CT molecular complexity index is 728. The van der Waals surface area contributed by atoms with Gasteiger partial charge < -0.3 is 14.9 Å². The number of hydrogen-bond acceptors (Lipinski definition) is 5. The van der Waals surface area contributed by atoms with Crippen molar-refractivity contribution in [2.75, 3.05) is 0 Å². The first-order valence-corrected chi connectivity index (χ1v) is 6.77. The standard InChI is InChI=1S/C16H16N2O4/c1-10-6-7-13(9-11(10)2)15(19)12(3)22-14-5-4-8-17-16(14)18(20)21/h4-9,12H,1-3H3. The number of nitro groups is 1. The highest BCUT2D eigenvalue weighted by molar-refractivity contribution is 5.99. The van der Waals surface area contributed by atoms with E-state index in [0.29, 0.717) is 5.56 Å². The Labute approximate surface area is 127 Å². The Kier molecular flexibility index (Phi) is 4.50. The number of carbonyl (C=O) groups is 1. The number of hydrogen-bond donors (Lipinski definition) is 0. The van der Waals surface area contributed by atoms with Crippen LogP contribution in [0.4, 0.5) is 5.82 Å². The number of rotatable bonds is 5. The van der Waals surface area contributed by atoms with Gasteiger partial charge in [-0.1, -0.05) is 12.1 Å². The van der Waals surface area contributed by atoms with Crippen molar-refractivity contribution in [3.05, 3.63) is 63.3 Å². The average molecular weight is 300 g/mol. The molecule has 0 saturated carbocycles. The topological polar surface area (TPSA) is 82.3 Å². The number of Topliss-reactive ketones (excluding diaryl/α,β-unsaturated/α-hetero) is 1. The summed E-state index contributed by atoms with van der Waals surface area (Å²) in [4.78, 5) is 26.3. The van der Waals surface area contributed by atoms with Crippen molar-refractivity contribution in [3.8, 4) is 5.75 Å². The molecule has 0 saturated heterocycles. The highest BCUT2D eigenvalue weighted by Crippen LogP contribution is 2.25. The van der Waals surface area contributed by atoms with Crippen molar-refractivity contribution >= 4 is 11.6 Å². The van der Waals surface area contributed by atoms with Crippen LogP contribution in [0.2, 0.25) is 0 Å². The Hall–Kier alpha value is -2.76. The molecule has 1 unspecified atom stereocenters. The first-order chi connectivity index (χ1) is 10.4. The zero-order chi connectivity index (χ0) is 16.3. The Morgan fingerprint density at radius 2 is 2.00 bits per heavy atom. The molecular formula is C16H16N2O4. The Morgan fingerprint density at radius 1 is 1.27 bits per heavy atom. The summed E-state index contributed by atoms with van der Waals surface area (Å²) in [5.74, 6) is -0.652. The van der Waals surface area contributed by atoms with Gasteiger partial charge in [-0.3, -0.25) is 4.79 Å². The molecule has 0 spiro atoms. The second kappa shape index (κ2) is 6.34. The van der Waals surface area contributed by atoms with Crippen LogP contribution in [0, 0.1) is 24.0 Å². The fourth-order valence-electron chi connectivity index (χ4n) is 1.98. The van der Waals surface area contributed by atoms with E-state index in [-0.39, 0.29) is 11.5 Å². The van der Waals surface area contributed by atoms with Crippen molar-refractivity contribution in [1.82, 2.24) is 4.98 Å². The van der Waals surface area contributed by atoms with Crippen molar-refractivity contribution in [2.45, 2.75) is 26.9 Å². The molecule has 6 heteroatoms. The number of aromatic nitrogens is 1. The van der Waals surface area contributed by atoms with Gasteiger partial charge in [0.25, 0.3) is 0 Å². The molecule has 6 nitrogen and oxygen atoms in total. The molecule has 0 aliphatic rings. The molecule has 114 valence electrons. The third kappa shape index (κ3) is 3.28. The molecule has 2 aromatic rings. The van der Waals surface area contributed by atoms with E-state index in [4.69, 9.17) is 4.74 Å². The van der Waals surface area contributed by atoms with Gasteiger partial charge in [0.1, 0.15) is 6.20 Å². The SMILES string of the molecule is Cc1ccc(C(=O)C(C)Oc2cccnc2[N+](=O)[O-])cc1C. The van der Waals surface area contributed by atoms with Gasteiger partial charge in [0.05, 0.1) is 0 Å². The first kappa shape index (κ1) is 15.6. The number of pyridine rings is 1. The lowest BCUT2D eigenvalue weighted by atomic mass is 10.0. The molecule has 1 aromatic heterocycles. The van der Waals surface area contributed by atoms with Crippen LogP contribution >= 0.6 is 0 Å². The molecule has 1 heterocycles. The summed E-state index contributed by atoms with van der Waals surface area (Å²) in [7, 11) is 0. The second-order valence-electron chi connectivity index (χ2n) is 5.01. The lowest BCUT2D eigenvalue weighted by Gasteiger charge is -2.14. The molecule has 0 aliphatic carbocycles. The number of nitrogens with zero attached hydrogens (tertiary/aromatic N) is 2. The first-order valence-electron chi connectivity index (χ1n) is 6.77. The lowest BCUT2D eigenvalue weighted by Crippen LogP contribution is -2.24. The fraction of sp³-hybridized carbons (Fsp3) is 0.250. The summed E-state index contributed by atoms with van der Waals surface area (Å²) < 4.78 is 5.44. The van der Waals surface area contributed by atoms with Gasteiger partial charge in [0.15, 0.2) is 6.10 Å². The predicted molar refractivity (Wildman–Crippen MR) is 81.2 cm³/mol. The maximum Gasteiger partial charge on any atom is 0.406 e. The Balaban J connectivity index is 2.22. The predicted octanol–water partition coefficient (Wildman–Crippen LogP) is 3.26. The van der Waals surface area contributed by atoms with Crippen LogP contribution in [0.3, 0.4) is 0 Å². The molecule has 0 fully saturated rings. The summed E-state index contributed by atoms with van der Waals surface area (Å²) in [5, 5.41) is 10.9. The normalized spacial score (nSPS) is 11.8. The van der Waals surface area contributed by atoms with Gasteiger partial charge in [0.2, 0.25) is 11.5 Å². The Morgan fingerprint density at radius 3 is 2.64 bits per heavy atom. The minimum Gasteiger partial charge on any atom is -0.474 e. The van der Waals surface area contributed by atoms with E-state index in [1.807, 2.05) is 19.9 Å². The third-order valence-electron chi connectivity index (χ3n) is 3.39. The second-order valence-corrected chi connectivity index (χ2v) is 5.01. The highest BCUT2D eigenvalue weighted by atomic mass is 16.6. The number of benzene rings is 1. The highest BCUT2D eigenvalue weighted by Gasteiger charge is 2.22. The van der Waals surface area contributed by atoms with Gasteiger partial charge in [-0.2, -0.15) is 0 Å². The lowest BCUT2D eigenvalue weighted by molar-refractivity contribution is -0.390. The monoisotopic (exact) mass is 300 g/mol. The summed E-state index contributed by atoms with van der Waals surface area (Å²) in [6.45, 7) is 5.44. The number of carbonyl (C=O) groups excluding carboxylic acids is 1. The molecule has 1 atom stereocenters. The fourth-order valence-corrected chi connectivity index (χ4v) is 1.98. The number of aryl methyl sites for hydroxylation is 2. The van der Waals surface area contributed by atoms with E-state index >= 15 is 0 Å². The molecule has 1 aromatic carbocycles. The quantitative estimate of drug-likeness (QED) is 0.481. The molecule has 0 radical (unpaired) electrons. The zero-order valence-electron chi connectivity index (χ0n) is 12.6. The summed E-state index contributed by atoms with van der Waals surface area (Å²) in [5.41, 5.74) is 2.61. The van der Waals surface area contributed by atoms with Gasteiger partial charge in [-0.05, 0) is 60.0 Å². The molecule has 0 aliphatic heterocycles. The van der Waals surface area contributed by atoms with Crippen molar-refractivity contribution in [1.29, 1.82) is 0 Å². The third-order valence-corrected chi connectivity index (χ3v) is 3.39. The zero-order valence-corrected chi connectivity index (χ0v) is 12.6. The van der Waals surface area contributed by atoms with Crippen molar-refractivity contribution in [2.24, 2.45) is 0 Å². The minimum atomic E-state index is -0.843. The van der Waals surface area contributed by atoms with E-state index in [1.165, 1.54) is 18.3 Å². The van der Waals surface area contributed by atoms with E-state index in [1.54, 1.807) is 19.1 Å². The molecule has 2 rings (SSSR count). The molecular weight excluding hydrogens is 284 g/mol. The van der Waals surface area contributed by atoms with Crippen LogP contribution in [-0.2, 0) is 0 Å². The van der Waals surface area contributed by atoms with Crippen LogP contribution in [0.15, 0.2) is 36.5 Å². The van der Waals surface area contributed by atoms with E-state index in [2.05, 4.69) is 4.98 Å². The smallest absolute Gasteiger partial charge is 0.406 e. The maximum atomic E-state index is 12.4. The molecule has 0 bridgehead atoms. The van der Waals surface area contributed by atoms with Gasteiger partial charge in [-0.25, -0.2) is 0 Å². The average Bonchev–Trinajstić information content (AvgIpc) is 2.49. The number of ether oxygens (including phenoxy) is 1. The van der Waals surface area contributed by atoms with Gasteiger partial charge in [0, 0.05) is 5.56 Å². The van der Waals surface area contributed by atoms with E-state index < -0.39 is 16.8 Å². The van der Waals surface area contributed by atoms with Crippen LogP contribution in [0.1, 0.15) is 28.4 Å². The van der Waals surface area contributed by atoms with Crippen molar-refractivity contribution < 1.29 is 14.5 Å². The van der Waals surface area contributed by atoms with Gasteiger partial charge >= 0.3 is 5.82 Å². The minimum absolute atomic E-state index is 0.0165. The summed E-state index contributed by atoms with van der Waals surface area (Å²) in [6.07, 6.45) is 0.464. The van der Waals surface area contributed by atoms with Crippen molar-refractivity contribution in [3.63, 3.8) is 0 Å².